The normalized spacial score (nSPS) is 15.2. The molecule has 0 bridgehead atoms. The van der Waals surface area contributed by atoms with Gasteiger partial charge in [-0.05, 0) is 47.0 Å². The van der Waals surface area contributed by atoms with Crippen molar-refractivity contribution in [2.45, 2.75) is 19.9 Å². The minimum absolute atomic E-state index is 0.0311. The molecule has 0 unspecified atom stereocenters. The third-order valence-corrected chi connectivity index (χ3v) is 5.48. The van der Waals surface area contributed by atoms with Crippen molar-refractivity contribution < 1.29 is 14.3 Å². The number of methoxy groups -OCH3 is 1. The summed E-state index contributed by atoms with van der Waals surface area (Å²) in [7, 11) is 1.59. The molecule has 150 valence electrons. The Morgan fingerprint density at radius 1 is 1.11 bits per heavy atom. The lowest BCUT2D eigenvalue weighted by atomic mass is 10.1. The molecule has 0 atom stereocenters. The molecular weight excluding hydrogens is 420 g/mol. The quantitative estimate of drug-likeness (QED) is 0.666. The molecule has 0 saturated carbocycles. The molecular formula is C22H27BrN2O3. The number of benzene rings is 2. The van der Waals surface area contributed by atoms with E-state index in [9.17, 15) is 4.79 Å². The van der Waals surface area contributed by atoms with Crippen molar-refractivity contribution in [1.29, 1.82) is 0 Å². The van der Waals surface area contributed by atoms with Crippen LogP contribution in [0.4, 0.5) is 0 Å². The van der Waals surface area contributed by atoms with Crippen LogP contribution in [0, 0.1) is 0 Å². The summed E-state index contributed by atoms with van der Waals surface area (Å²) in [6.45, 7) is 6.72. The zero-order valence-corrected chi connectivity index (χ0v) is 18.1. The number of halogens is 1. The molecule has 1 aliphatic heterocycles. The first-order valence-electron chi connectivity index (χ1n) is 9.68. The smallest absolute Gasteiger partial charge is 0.254 e. The lowest BCUT2D eigenvalue weighted by Gasteiger charge is -2.23. The van der Waals surface area contributed by atoms with E-state index in [2.05, 4.69) is 45.1 Å². The van der Waals surface area contributed by atoms with Gasteiger partial charge in [0.2, 0.25) is 0 Å². The summed E-state index contributed by atoms with van der Waals surface area (Å²) in [5, 5.41) is 0. The maximum Gasteiger partial charge on any atom is 0.254 e. The van der Waals surface area contributed by atoms with Gasteiger partial charge in [0.05, 0.1) is 18.2 Å². The van der Waals surface area contributed by atoms with E-state index >= 15 is 0 Å². The van der Waals surface area contributed by atoms with Crippen molar-refractivity contribution >= 4 is 21.8 Å². The first-order chi connectivity index (χ1) is 13.6. The van der Waals surface area contributed by atoms with Gasteiger partial charge in [0.15, 0.2) is 11.5 Å². The number of rotatable bonds is 6. The molecule has 0 spiro atoms. The largest absolute Gasteiger partial charge is 0.493 e. The van der Waals surface area contributed by atoms with Crippen LogP contribution in [0.2, 0.25) is 0 Å². The predicted molar refractivity (Wildman–Crippen MR) is 114 cm³/mol. The Balaban J connectivity index is 1.68. The van der Waals surface area contributed by atoms with Gasteiger partial charge >= 0.3 is 0 Å². The molecule has 0 radical (unpaired) electrons. The molecule has 1 heterocycles. The molecule has 28 heavy (non-hydrogen) atoms. The van der Waals surface area contributed by atoms with E-state index in [1.165, 1.54) is 5.56 Å². The summed E-state index contributed by atoms with van der Waals surface area (Å²) in [6, 6.07) is 14.1. The predicted octanol–water partition coefficient (Wildman–Crippen LogP) is 4.20. The van der Waals surface area contributed by atoms with E-state index < -0.39 is 0 Å². The molecule has 1 aliphatic rings. The summed E-state index contributed by atoms with van der Waals surface area (Å²) in [5.41, 5.74) is 1.92. The van der Waals surface area contributed by atoms with Gasteiger partial charge in [-0.2, -0.15) is 0 Å². The van der Waals surface area contributed by atoms with E-state index in [1.54, 1.807) is 13.2 Å². The van der Waals surface area contributed by atoms with E-state index in [-0.39, 0.29) is 5.91 Å². The fourth-order valence-electron chi connectivity index (χ4n) is 3.48. The molecule has 5 nitrogen and oxygen atoms in total. The summed E-state index contributed by atoms with van der Waals surface area (Å²) in [6.07, 6.45) is 0.966. The number of hydrogen-bond acceptors (Lipinski definition) is 4. The maximum atomic E-state index is 13.1. The van der Waals surface area contributed by atoms with E-state index in [0.717, 1.165) is 43.6 Å². The number of hydrogen-bond donors (Lipinski definition) is 0. The van der Waals surface area contributed by atoms with Crippen LogP contribution >= 0.6 is 15.9 Å². The summed E-state index contributed by atoms with van der Waals surface area (Å²) in [4.78, 5) is 17.4. The number of carbonyl (C=O) groups is 1. The van der Waals surface area contributed by atoms with Gasteiger partial charge in [-0.15, -0.1) is 0 Å². The molecule has 0 N–H and O–H groups in total. The molecule has 0 aliphatic carbocycles. The van der Waals surface area contributed by atoms with Crippen LogP contribution in [0.3, 0.4) is 0 Å². The minimum Gasteiger partial charge on any atom is -0.493 e. The van der Waals surface area contributed by atoms with Crippen LogP contribution in [-0.4, -0.2) is 55.6 Å². The highest BCUT2D eigenvalue weighted by molar-refractivity contribution is 9.10. The van der Waals surface area contributed by atoms with Crippen LogP contribution in [0.5, 0.6) is 11.5 Å². The minimum atomic E-state index is 0.0311. The zero-order valence-electron chi connectivity index (χ0n) is 16.5. The highest BCUT2D eigenvalue weighted by Crippen LogP contribution is 2.37. The van der Waals surface area contributed by atoms with Crippen molar-refractivity contribution in [3.63, 3.8) is 0 Å². The van der Waals surface area contributed by atoms with Crippen LogP contribution in [0.1, 0.15) is 29.3 Å². The number of carbonyl (C=O) groups excluding carboxylic acids is 1. The molecule has 2 aromatic carbocycles. The Labute approximate surface area is 175 Å². The average molecular weight is 447 g/mol. The third kappa shape index (κ3) is 5.06. The van der Waals surface area contributed by atoms with Gasteiger partial charge in [-0.1, -0.05) is 30.3 Å². The molecule has 1 amide bonds. The monoisotopic (exact) mass is 446 g/mol. The van der Waals surface area contributed by atoms with Crippen LogP contribution in [0.15, 0.2) is 46.9 Å². The Bertz CT molecular complexity index is 798. The van der Waals surface area contributed by atoms with E-state index in [0.29, 0.717) is 23.7 Å². The SMILES string of the molecule is CCOc1c(Br)cc(C(=O)N2CCCN(Cc3ccccc3)CC2)cc1OC. The Kier molecular flexibility index (Phi) is 7.34. The Morgan fingerprint density at radius 2 is 1.89 bits per heavy atom. The summed E-state index contributed by atoms with van der Waals surface area (Å²) >= 11 is 3.51. The van der Waals surface area contributed by atoms with E-state index in [1.807, 2.05) is 24.0 Å². The highest BCUT2D eigenvalue weighted by Gasteiger charge is 2.23. The molecule has 0 aromatic heterocycles. The van der Waals surface area contributed by atoms with Crippen molar-refractivity contribution in [3.8, 4) is 11.5 Å². The van der Waals surface area contributed by atoms with Crippen molar-refractivity contribution in [3.05, 3.63) is 58.1 Å². The van der Waals surface area contributed by atoms with Crippen molar-refractivity contribution in [2.75, 3.05) is 39.9 Å². The standard InChI is InChI=1S/C22H27BrN2O3/c1-3-28-21-19(23)14-18(15-20(21)27-2)22(26)25-11-7-10-24(12-13-25)16-17-8-5-4-6-9-17/h4-6,8-9,14-15H,3,7,10-13,16H2,1-2H3. The molecule has 1 saturated heterocycles. The van der Waals surface area contributed by atoms with Gasteiger partial charge in [0.25, 0.3) is 5.91 Å². The van der Waals surface area contributed by atoms with Crippen molar-refractivity contribution in [2.24, 2.45) is 0 Å². The molecule has 3 rings (SSSR count). The third-order valence-electron chi connectivity index (χ3n) is 4.89. The van der Waals surface area contributed by atoms with Crippen LogP contribution in [-0.2, 0) is 6.54 Å². The van der Waals surface area contributed by atoms with Crippen LogP contribution in [0.25, 0.3) is 0 Å². The van der Waals surface area contributed by atoms with Crippen LogP contribution < -0.4 is 9.47 Å². The van der Waals surface area contributed by atoms with Gasteiger partial charge in [0, 0.05) is 38.3 Å². The molecule has 1 fully saturated rings. The lowest BCUT2D eigenvalue weighted by molar-refractivity contribution is 0.0760. The van der Waals surface area contributed by atoms with E-state index in [4.69, 9.17) is 9.47 Å². The van der Waals surface area contributed by atoms with Crippen molar-refractivity contribution in [1.82, 2.24) is 9.80 Å². The van der Waals surface area contributed by atoms with Gasteiger partial charge in [-0.25, -0.2) is 0 Å². The highest BCUT2D eigenvalue weighted by atomic mass is 79.9. The van der Waals surface area contributed by atoms with Gasteiger partial charge in [0.1, 0.15) is 0 Å². The maximum absolute atomic E-state index is 13.1. The fraction of sp³-hybridized carbons (Fsp3) is 0.409. The summed E-state index contributed by atoms with van der Waals surface area (Å²) < 4.78 is 11.8. The number of ether oxygens (including phenoxy) is 2. The molecule has 2 aromatic rings. The second-order valence-electron chi connectivity index (χ2n) is 6.83. The zero-order chi connectivity index (χ0) is 19.9. The number of amides is 1. The Hall–Kier alpha value is -2.05. The first kappa shape index (κ1) is 20.7. The fourth-order valence-corrected chi connectivity index (χ4v) is 4.04. The topological polar surface area (TPSA) is 42.0 Å². The first-order valence-corrected chi connectivity index (χ1v) is 10.5. The second-order valence-corrected chi connectivity index (χ2v) is 7.68. The van der Waals surface area contributed by atoms with Gasteiger partial charge in [-0.3, -0.25) is 9.69 Å². The average Bonchev–Trinajstić information content (AvgIpc) is 2.95. The van der Waals surface area contributed by atoms with Gasteiger partial charge < -0.3 is 14.4 Å². The lowest BCUT2D eigenvalue weighted by Crippen LogP contribution is -2.35. The Morgan fingerprint density at radius 3 is 2.61 bits per heavy atom. The number of nitrogens with zero attached hydrogens (tertiary/aromatic N) is 2. The molecule has 6 heteroatoms. The summed E-state index contributed by atoms with van der Waals surface area (Å²) in [5.74, 6) is 1.23. The second kappa shape index (κ2) is 9.94.